The van der Waals surface area contributed by atoms with Crippen molar-refractivity contribution in [2.75, 3.05) is 38.2 Å². The summed E-state index contributed by atoms with van der Waals surface area (Å²) < 4.78 is 17.2. The Morgan fingerprint density at radius 2 is 2.28 bits per heavy atom. The van der Waals surface area contributed by atoms with E-state index in [9.17, 15) is 9.59 Å². The second kappa shape index (κ2) is 9.82. The lowest BCUT2D eigenvalue weighted by Gasteiger charge is -2.40. The number of amides is 3. The topological polar surface area (TPSA) is 117 Å². The number of nitrogens with one attached hydrogen (secondary N) is 3. The summed E-state index contributed by atoms with van der Waals surface area (Å²) in [5.74, 6) is 0.762. The van der Waals surface area contributed by atoms with Crippen molar-refractivity contribution in [2.45, 2.75) is 44.2 Å². The first-order valence-electron chi connectivity index (χ1n) is 12.2. The number of nitrogens with zero attached hydrogens (tertiary/aromatic N) is 3. The van der Waals surface area contributed by atoms with E-state index < -0.39 is 11.8 Å². The van der Waals surface area contributed by atoms with Crippen LogP contribution in [-0.4, -0.2) is 83.5 Å². The monoisotopic (exact) mass is 496 g/mol. The molecule has 0 spiro atoms. The van der Waals surface area contributed by atoms with Crippen LogP contribution in [0.4, 0.5) is 10.6 Å². The smallest absolute Gasteiger partial charge is 0.328 e. The van der Waals surface area contributed by atoms with Crippen molar-refractivity contribution in [1.29, 1.82) is 0 Å². The lowest BCUT2D eigenvalue weighted by atomic mass is 10.1. The Balaban J connectivity index is 1.26. The molecule has 0 radical (unpaired) electrons. The lowest BCUT2D eigenvalue weighted by Crippen LogP contribution is -2.56. The predicted molar refractivity (Wildman–Crippen MR) is 132 cm³/mol. The molecule has 192 valence electrons. The minimum atomic E-state index is -0.614. The molecule has 4 aliphatic rings. The Bertz CT molecular complexity index is 1100. The number of urea groups is 1. The third-order valence-electron chi connectivity index (χ3n) is 6.48. The second-order valence-electron chi connectivity index (χ2n) is 9.58. The first-order chi connectivity index (χ1) is 17.3. The van der Waals surface area contributed by atoms with Gasteiger partial charge in [0, 0.05) is 31.9 Å². The number of pyridine rings is 1. The molecule has 3 atom stereocenters. The van der Waals surface area contributed by atoms with Gasteiger partial charge in [-0.25, -0.2) is 9.78 Å². The molecule has 4 aliphatic heterocycles. The fraction of sp³-hybridized carbons (Fsp3) is 0.480. The van der Waals surface area contributed by atoms with Gasteiger partial charge >= 0.3 is 6.03 Å². The molecule has 3 amide bonds. The Morgan fingerprint density at radius 1 is 1.42 bits per heavy atom. The summed E-state index contributed by atoms with van der Waals surface area (Å²) in [6.45, 7) is 10.1. The molecule has 11 nitrogen and oxygen atoms in total. The molecule has 5 heterocycles. The normalized spacial score (nSPS) is 25.8. The quantitative estimate of drug-likeness (QED) is 0.487. The average molecular weight is 497 g/mol. The fourth-order valence-electron chi connectivity index (χ4n) is 4.81. The van der Waals surface area contributed by atoms with Crippen molar-refractivity contribution in [1.82, 2.24) is 25.4 Å². The van der Waals surface area contributed by atoms with E-state index in [-0.39, 0.29) is 24.1 Å². The van der Waals surface area contributed by atoms with Crippen LogP contribution in [-0.2, 0) is 14.3 Å². The Morgan fingerprint density at radius 3 is 3.06 bits per heavy atom. The molecule has 3 N–H and O–H groups in total. The van der Waals surface area contributed by atoms with Crippen molar-refractivity contribution in [2.24, 2.45) is 0 Å². The van der Waals surface area contributed by atoms with Crippen LogP contribution >= 0.6 is 0 Å². The van der Waals surface area contributed by atoms with Crippen LogP contribution in [0.5, 0.6) is 5.75 Å². The molecule has 1 aromatic rings. The molecule has 1 unspecified atom stereocenters. The molecule has 0 aliphatic carbocycles. The summed E-state index contributed by atoms with van der Waals surface area (Å²) in [5.41, 5.74) is 0.901. The van der Waals surface area contributed by atoms with Crippen LogP contribution in [0.25, 0.3) is 0 Å². The summed E-state index contributed by atoms with van der Waals surface area (Å²) >= 11 is 0. The number of dihydropyridines is 1. The van der Waals surface area contributed by atoms with E-state index in [4.69, 9.17) is 14.2 Å². The van der Waals surface area contributed by atoms with Gasteiger partial charge in [-0.1, -0.05) is 12.2 Å². The van der Waals surface area contributed by atoms with Gasteiger partial charge < -0.3 is 29.7 Å². The average Bonchev–Trinajstić information content (AvgIpc) is 3.44. The molecular formula is C25H32N6O5. The molecule has 0 aromatic carbocycles. The van der Waals surface area contributed by atoms with Crippen LogP contribution in [0.2, 0.25) is 0 Å². The van der Waals surface area contributed by atoms with Crippen molar-refractivity contribution in [3.8, 4) is 5.75 Å². The number of anilines is 1. The summed E-state index contributed by atoms with van der Waals surface area (Å²) in [7, 11) is 0. The van der Waals surface area contributed by atoms with Crippen LogP contribution in [0.15, 0.2) is 54.7 Å². The van der Waals surface area contributed by atoms with E-state index >= 15 is 0 Å². The van der Waals surface area contributed by atoms with Gasteiger partial charge in [0.1, 0.15) is 36.1 Å². The minimum Gasteiger partial charge on any atom is -0.491 e. The first-order valence-corrected chi connectivity index (χ1v) is 12.2. The number of carbonyl (C=O) groups excluding carboxylic acids is 2. The molecular weight excluding hydrogens is 464 g/mol. The number of fused-ring (bicyclic) bond motifs is 3. The van der Waals surface area contributed by atoms with Gasteiger partial charge in [0.15, 0.2) is 5.79 Å². The summed E-state index contributed by atoms with van der Waals surface area (Å²) in [4.78, 5) is 34.2. The van der Waals surface area contributed by atoms with Crippen molar-refractivity contribution >= 4 is 17.8 Å². The number of ether oxygens (including phenoxy) is 3. The highest BCUT2D eigenvalue weighted by Gasteiger charge is 2.42. The SMILES string of the molecule is C=CCNC(=O)C1C=CC2=C(N1)N(C(=O)Nc1cc(OC[C@H]3COC(C)(C)O3)ccn1)[C@H]1CCN2C1. The maximum atomic E-state index is 13.5. The van der Waals surface area contributed by atoms with Crippen LogP contribution < -0.4 is 20.7 Å². The zero-order valence-electron chi connectivity index (χ0n) is 20.5. The van der Waals surface area contributed by atoms with Gasteiger partial charge in [0.05, 0.1) is 18.3 Å². The molecule has 11 heteroatoms. The maximum Gasteiger partial charge on any atom is 0.328 e. The molecule has 5 rings (SSSR count). The van der Waals surface area contributed by atoms with Gasteiger partial charge in [-0.15, -0.1) is 6.58 Å². The third-order valence-corrected chi connectivity index (χ3v) is 6.48. The highest BCUT2D eigenvalue weighted by atomic mass is 16.7. The summed E-state index contributed by atoms with van der Waals surface area (Å²) in [6, 6.07) is 2.49. The van der Waals surface area contributed by atoms with E-state index in [2.05, 4.69) is 32.4 Å². The predicted octanol–water partition coefficient (Wildman–Crippen LogP) is 1.53. The van der Waals surface area contributed by atoms with Gasteiger partial charge in [-0.05, 0) is 32.4 Å². The van der Waals surface area contributed by atoms with Crippen LogP contribution in [0, 0.1) is 0 Å². The molecule has 0 saturated carbocycles. The van der Waals surface area contributed by atoms with Gasteiger partial charge in [-0.3, -0.25) is 15.0 Å². The Kier molecular flexibility index (Phi) is 6.59. The van der Waals surface area contributed by atoms with E-state index in [1.165, 1.54) is 0 Å². The van der Waals surface area contributed by atoms with Crippen molar-refractivity contribution < 1.29 is 23.8 Å². The van der Waals surface area contributed by atoms with Crippen molar-refractivity contribution in [3.05, 3.63) is 54.7 Å². The van der Waals surface area contributed by atoms with Crippen molar-refractivity contribution in [3.63, 3.8) is 0 Å². The van der Waals surface area contributed by atoms with Crippen LogP contribution in [0.1, 0.15) is 20.3 Å². The minimum absolute atomic E-state index is 0.0121. The van der Waals surface area contributed by atoms with E-state index in [1.807, 2.05) is 26.0 Å². The zero-order valence-corrected chi connectivity index (χ0v) is 20.5. The molecule has 2 fully saturated rings. The van der Waals surface area contributed by atoms with Gasteiger partial charge in [0.2, 0.25) is 5.91 Å². The third kappa shape index (κ3) is 5.02. The number of hydrogen-bond acceptors (Lipinski definition) is 8. The summed E-state index contributed by atoms with van der Waals surface area (Å²) in [6.07, 6.45) is 7.60. The number of carbonyl (C=O) groups is 2. The highest BCUT2D eigenvalue weighted by molar-refractivity contribution is 5.91. The molecule has 36 heavy (non-hydrogen) atoms. The highest BCUT2D eigenvalue weighted by Crippen LogP contribution is 2.33. The standard InChI is InChI=1S/C25H32N6O5/c1-4-9-27-23(32)19-5-6-20-22(28-19)31(16-8-11-30(20)13-16)24(33)29-21-12-17(7-10-26-21)34-14-18-15-35-25(2,3)36-18/h4-7,10,12,16,18-19,28H,1,8-9,11,13-15H2,2-3H3,(H,27,32)(H,26,29,33)/t16-,18-,19?/m0/s1. The molecule has 2 saturated heterocycles. The van der Waals surface area contributed by atoms with E-state index in [0.717, 1.165) is 25.2 Å². The lowest BCUT2D eigenvalue weighted by molar-refractivity contribution is -0.141. The maximum absolute atomic E-state index is 13.5. The molecule has 2 bridgehead atoms. The van der Waals surface area contributed by atoms with Gasteiger partial charge in [0.25, 0.3) is 0 Å². The Hall–Kier alpha value is -3.57. The Labute approximate surface area is 210 Å². The second-order valence-corrected chi connectivity index (χ2v) is 9.58. The van der Waals surface area contributed by atoms with Gasteiger partial charge in [-0.2, -0.15) is 0 Å². The first kappa shape index (κ1) is 24.1. The van der Waals surface area contributed by atoms with E-state index in [0.29, 0.717) is 37.1 Å². The van der Waals surface area contributed by atoms with Crippen LogP contribution in [0.3, 0.4) is 0 Å². The number of allylic oxidation sites excluding steroid dienone is 1. The number of hydrogen-bond donors (Lipinski definition) is 3. The fourth-order valence-corrected chi connectivity index (χ4v) is 4.81. The number of rotatable bonds is 7. The number of aromatic nitrogens is 1. The zero-order chi connectivity index (χ0) is 25.3. The summed E-state index contributed by atoms with van der Waals surface area (Å²) in [5, 5.41) is 8.94. The molecule has 1 aromatic heterocycles. The van der Waals surface area contributed by atoms with E-state index in [1.54, 1.807) is 29.3 Å². The largest absolute Gasteiger partial charge is 0.491 e.